The summed E-state index contributed by atoms with van der Waals surface area (Å²) in [6, 6.07) is 0. The summed E-state index contributed by atoms with van der Waals surface area (Å²) >= 11 is 0. The predicted molar refractivity (Wildman–Crippen MR) is 128 cm³/mol. The van der Waals surface area contributed by atoms with E-state index in [1.54, 1.807) is 0 Å². The van der Waals surface area contributed by atoms with Crippen LogP contribution in [-0.4, -0.2) is 34.9 Å². The first kappa shape index (κ1) is 28.3. The topological polar surface area (TPSA) is 65.2 Å². The van der Waals surface area contributed by atoms with E-state index in [1.165, 1.54) is 109 Å². The summed E-state index contributed by atoms with van der Waals surface area (Å²) in [5.74, 6) is 0. The fourth-order valence-electron chi connectivity index (χ4n) is 3.53. The van der Waals surface area contributed by atoms with Crippen molar-refractivity contribution in [3.8, 4) is 0 Å². The summed E-state index contributed by atoms with van der Waals surface area (Å²) in [5.41, 5.74) is 0. The van der Waals surface area contributed by atoms with Gasteiger partial charge in [0.2, 0.25) is 0 Å². The van der Waals surface area contributed by atoms with Gasteiger partial charge in [-0.25, -0.2) is 0 Å². The van der Waals surface area contributed by atoms with Crippen LogP contribution in [0, 0.1) is 0 Å². The Morgan fingerprint density at radius 3 is 1.07 bits per heavy atom. The van der Waals surface area contributed by atoms with E-state index in [2.05, 4.69) is 24.1 Å². The Morgan fingerprint density at radius 2 is 0.759 bits per heavy atom. The summed E-state index contributed by atoms with van der Waals surface area (Å²) < 4.78 is 0. The lowest BCUT2D eigenvalue weighted by Gasteiger charge is -2.05. The molecule has 0 saturated heterocycles. The Morgan fingerprint density at radius 1 is 0.483 bits per heavy atom. The summed E-state index contributed by atoms with van der Waals surface area (Å²) in [6.07, 6.45) is 25.1. The van der Waals surface area contributed by atoms with Crippen molar-refractivity contribution >= 4 is 12.4 Å². The third-order valence-corrected chi connectivity index (χ3v) is 5.50. The van der Waals surface area contributed by atoms with E-state index in [-0.39, 0.29) is 0 Å². The van der Waals surface area contributed by atoms with Crippen LogP contribution in [0.5, 0.6) is 0 Å². The number of nitrogens with zero attached hydrogens (tertiary/aromatic N) is 2. The minimum atomic E-state index is -0.526. The van der Waals surface area contributed by atoms with E-state index in [0.29, 0.717) is 0 Å². The molecule has 0 fully saturated rings. The fourth-order valence-corrected chi connectivity index (χ4v) is 3.53. The van der Waals surface area contributed by atoms with Crippen LogP contribution in [0.1, 0.15) is 136 Å². The molecule has 0 aromatic rings. The number of hydrogen-bond donors (Lipinski definition) is 2. The molecule has 0 aliphatic carbocycles. The standard InChI is InChI=1S/C25H50N2O2/c1-3-5-7-9-11-13-15-17-19-21-25(29)23-27-26-22-24(28)20-18-16-14-12-10-8-6-4-2/h22-25,28-29H,3-21H2,1-2H3/b26-22+,27-23+. The first-order chi connectivity index (χ1) is 14.2. The van der Waals surface area contributed by atoms with Crippen LogP contribution in [0.3, 0.4) is 0 Å². The van der Waals surface area contributed by atoms with Gasteiger partial charge in [-0.2, -0.15) is 10.2 Å². The lowest BCUT2D eigenvalue weighted by molar-refractivity contribution is 0.228. The number of rotatable bonds is 22. The quantitative estimate of drug-likeness (QED) is 0.112. The summed E-state index contributed by atoms with van der Waals surface area (Å²) in [6.45, 7) is 4.49. The van der Waals surface area contributed by atoms with Gasteiger partial charge in [-0.3, -0.25) is 0 Å². The monoisotopic (exact) mass is 410 g/mol. The van der Waals surface area contributed by atoms with E-state index in [0.717, 1.165) is 25.7 Å². The van der Waals surface area contributed by atoms with Gasteiger partial charge in [0.25, 0.3) is 0 Å². The highest BCUT2D eigenvalue weighted by atomic mass is 16.3. The van der Waals surface area contributed by atoms with Gasteiger partial charge < -0.3 is 10.2 Å². The Balaban J connectivity index is 3.49. The van der Waals surface area contributed by atoms with Gasteiger partial charge in [0.15, 0.2) is 0 Å². The molecule has 0 bridgehead atoms. The molecule has 0 saturated carbocycles. The molecular formula is C25H50N2O2. The van der Waals surface area contributed by atoms with Gasteiger partial charge in [0, 0.05) is 0 Å². The zero-order chi connectivity index (χ0) is 21.4. The molecule has 0 spiro atoms. The largest absolute Gasteiger partial charge is 0.387 e. The molecule has 0 heterocycles. The molecule has 0 rings (SSSR count). The first-order valence-corrected chi connectivity index (χ1v) is 12.6. The third-order valence-electron chi connectivity index (χ3n) is 5.50. The van der Waals surface area contributed by atoms with Crippen molar-refractivity contribution < 1.29 is 10.2 Å². The molecule has 2 N–H and O–H groups in total. The normalized spacial score (nSPS) is 14.2. The molecule has 172 valence electrons. The van der Waals surface area contributed by atoms with Crippen LogP contribution in [-0.2, 0) is 0 Å². The second-order valence-corrected chi connectivity index (χ2v) is 8.54. The highest BCUT2D eigenvalue weighted by Gasteiger charge is 2.01. The molecule has 0 aromatic carbocycles. The molecule has 0 aliphatic rings. The zero-order valence-corrected chi connectivity index (χ0v) is 19.5. The van der Waals surface area contributed by atoms with Gasteiger partial charge in [0.05, 0.1) is 24.6 Å². The highest BCUT2D eigenvalue weighted by Crippen LogP contribution is 2.12. The molecule has 2 atom stereocenters. The number of unbranched alkanes of at least 4 members (excludes halogenated alkanes) is 15. The number of hydrogen-bond acceptors (Lipinski definition) is 4. The highest BCUT2D eigenvalue weighted by molar-refractivity contribution is 5.66. The summed E-state index contributed by atoms with van der Waals surface area (Å²) in [5, 5.41) is 27.6. The maximum atomic E-state index is 9.91. The fraction of sp³-hybridized carbons (Fsp3) is 0.920. The van der Waals surface area contributed by atoms with Crippen LogP contribution in [0.25, 0.3) is 0 Å². The van der Waals surface area contributed by atoms with E-state index >= 15 is 0 Å². The van der Waals surface area contributed by atoms with Crippen LogP contribution < -0.4 is 0 Å². The maximum Gasteiger partial charge on any atom is 0.0909 e. The van der Waals surface area contributed by atoms with Crippen molar-refractivity contribution in [2.75, 3.05) is 0 Å². The van der Waals surface area contributed by atoms with E-state index < -0.39 is 12.2 Å². The molecule has 0 radical (unpaired) electrons. The molecule has 2 unspecified atom stereocenters. The third kappa shape index (κ3) is 23.4. The van der Waals surface area contributed by atoms with Crippen molar-refractivity contribution in [2.24, 2.45) is 10.2 Å². The van der Waals surface area contributed by atoms with E-state index in [9.17, 15) is 10.2 Å². The molecule has 0 aromatic heterocycles. The smallest absolute Gasteiger partial charge is 0.0909 e. The van der Waals surface area contributed by atoms with E-state index in [4.69, 9.17) is 0 Å². The molecule has 4 nitrogen and oxygen atoms in total. The van der Waals surface area contributed by atoms with Crippen molar-refractivity contribution in [1.29, 1.82) is 0 Å². The van der Waals surface area contributed by atoms with Crippen molar-refractivity contribution in [3.05, 3.63) is 0 Å². The van der Waals surface area contributed by atoms with Crippen LogP contribution in [0.15, 0.2) is 10.2 Å². The first-order valence-electron chi connectivity index (χ1n) is 12.6. The Hall–Kier alpha value is -0.740. The van der Waals surface area contributed by atoms with Gasteiger partial charge in [-0.1, -0.05) is 123 Å². The van der Waals surface area contributed by atoms with Gasteiger partial charge in [-0.15, -0.1) is 0 Å². The van der Waals surface area contributed by atoms with Crippen molar-refractivity contribution in [3.63, 3.8) is 0 Å². The minimum Gasteiger partial charge on any atom is -0.387 e. The minimum absolute atomic E-state index is 0.526. The van der Waals surface area contributed by atoms with Gasteiger partial charge >= 0.3 is 0 Å². The molecule has 0 aliphatic heterocycles. The lowest BCUT2D eigenvalue weighted by Crippen LogP contribution is -2.09. The van der Waals surface area contributed by atoms with Crippen molar-refractivity contribution in [2.45, 2.75) is 148 Å². The summed E-state index contributed by atoms with van der Waals surface area (Å²) in [4.78, 5) is 0. The van der Waals surface area contributed by atoms with Crippen LogP contribution in [0.4, 0.5) is 0 Å². The zero-order valence-electron chi connectivity index (χ0n) is 19.5. The van der Waals surface area contributed by atoms with Gasteiger partial charge in [-0.05, 0) is 12.8 Å². The Kier molecular flexibility index (Phi) is 22.9. The van der Waals surface area contributed by atoms with Crippen molar-refractivity contribution in [1.82, 2.24) is 0 Å². The maximum absolute atomic E-state index is 9.91. The second kappa shape index (κ2) is 23.5. The Bertz CT molecular complexity index is 372. The van der Waals surface area contributed by atoms with E-state index in [1.807, 2.05) is 0 Å². The molecule has 0 amide bonds. The average Bonchev–Trinajstić information content (AvgIpc) is 2.72. The SMILES string of the molecule is CCCCCCCCCCCC(O)/C=N/N=C/C(O)CCCCCCCCCC. The Labute approximate surface area is 181 Å². The second-order valence-electron chi connectivity index (χ2n) is 8.54. The molecular weight excluding hydrogens is 360 g/mol. The van der Waals surface area contributed by atoms with Gasteiger partial charge in [0.1, 0.15) is 0 Å². The summed E-state index contributed by atoms with van der Waals surface area (Å²) in [7, 11) is 0. The number of aliphatic hydroxyl groups excluding tert-OH is 2. The van der Waals surface area contributed by atoms with Crippen LogP contribution in [0.2, 0.25) is 0 Å². The lowest BCUT2D eigenvalue weighted by atomic mass is 10.1. The van der Waals surface area contributed by atoms with Crippen LogP contribution >= 0.6 is 0 Å². The average molecular weight is 411 g/mol. The molecule has 4 heteroatoms. The molecule has 29 heavy (non-hydrogen) atoms. The number of aliphatic hydroxyl groups is 2. The predicted octanol–water partition coefficient (Wildman–Crippen LogP) is 7.22.